The number of benzene rings is 1. The van der Waals surface area contributed by atoms with Crippen molar-refractivity contribution in [1.82, 2.24) is 9.97 Å². The Kier molecular flexibility index (Phi) is 16.9. The molecule has 0 fully saturated rings. The third-order valence-corrected chi connectivity index (χ3v) is 5.82. The molecule has 0 aliphatic carbocycles. The molecule has 3 N–H and O–H groups in total. The van der Waals surface area contributed by atoms with Gasteiger partial charge in [-0.15, -0.1) is 0 Å². The molecule has 36 heavy (non-hydrogen) atoms. The molecule has 2 heterocycles. The fourth-order valence-corrected chi connectivity index (χ4v) is 3.74. The standard InChI is InChI=1S/C16H29N.C9H8O4.C5H5N/c1-2-3-4-5-6-7-8-9-10-11-13-16-14-12-15-17-16;1-5-6(8(10)11)3-2-4-7(5)9(12)13;1-2-4-6-5-3-1/h12,14-15,17H,2-11,13H2,1H3;2-4H,1H3,(H,10,11)(H,12,13);1-5H. The summed E-state index contributed by atoms with van der Waals surface area (Å²) in [5.74, 6) is -2.22. The summed E-state index contributed by atoms with van der Waals surface area (Å²) in [6.45, 7) is 3.76. The highest BCUT2D eigenvalue weighted by Gasteiger charge is 2.13. The van der Waals surface area contributed by atoms with E-state index in [1.165, 1.54) is 101 Å². The Labute approximate surface area is 215 Å². The molecule has 1 aromatic carbocycles. The highest BCUT2D eigenvalue weighted by molar-refractivity contribution is 5.96. The molecule has 3 aromatic rings. The summed E-state index contributed by atoms with van der Waals surface area (Å²) in [6, 6.07) is 14.2. The number of aromatic amines is 1. The van der Waals surface area contributed by atoms with Crippen molar-refractivity contribution in [2.75, 3.05) is 0 Å². The molecule has 0 saturated carbocycles. The number of unbranched alkanes of at least 4 members (excludes halogenated alkanes) is 9. The number of rotatable bonds is 13. The summed E-state index contributed by atoms with van der Waals surface area (Å²) in [6.07, 6.45) is 20.9. The van der Waals surface area contributed by atoms with Crippen molar-refractivity contribution < 1.29 is 19.8 Å². The minimum atomic E-state index is -1.11. The lowest BCUT2D eigenvalue weighted by atomic mass is 10.0. The maximum absolute atomic E-state index is 10.6. The number of hydrogen-bond donors (Lipinski definition) is 3. The zero-order valence-electron chi connectivity index (χ0n) is 21.8. The Hall–Kier alpha value is -3.41. The first-order chi connectivity index (χ1) is 17.5. The molecular formula is C30H42N2O4. The van der Waals surface area contributed by atoms with Crippen LogP contribution in [0.4, 0.5) is 0 Å². The minimum Gasteiger partial charge on any atom is -0.478 e. The van der Waals surface area contributed by atoms with Gasteiger partial charge in [-0.05, 0) is 61.7 Å². The first-order valence-corrected chi connectivity index (χ1v) is 13.0. The van der Waals surface area contributed by atoms with Crippen LogP contribution >= 0.6 is 0 Å². The molecule has 0 aliphatic rings. The van der Waals surface area contributed by atoms with Crippen molar-refractivity contribution in [3.8, 4) is 0 Å². The largest absolute Gasteiger partial charge is 0.478 e. The predicted molar refractivity (Wildman–Crippen MR) is 146 cm³/mol. The van der Waals surface area contributed by atoms with Gasteiger partial charge in [-0.1, -0.05) is 76.8 Å². The van der Waals surface area contributed by atoms with Gasteiger partial charge in [-0.2, -0.15) is 0 Å². The van der Waals surface area contributed by atoms with E-state index >= 15 is 0 Å². The molecule has 0 radical (unpaired) electrons. The lowest BCUT2D eigenvalue weighted by Gasteiger charge is -2.03. The van der Waals surface area contributed by atoms with Crippen LogP contribution in [0.25, 0.3) is 0 Å². The quantitative estimate of drug-likeness (QED) is 0.209. The van der Waals surface area contributed by atoms with Gasteiger partial charge in [0.15, 0.2) is 0 Å². The average molecular weight is 495 g/mol. The number of aromatic carboxylic acids is 2. The maximum atomic E-state index is 10.6. The summed E-state index contributed by atoms with van der Waals surface area (Å²) >= 11 is 0. The summed E-state index contributed by atoms with van der Waals surface area (Å²) in [7, 11) is 0. The Balaban J connectivity index is 0.000000299. The van der Waals surface area contributed by atoms with Gasteiger partial charge in [0.2, 0.25) is 0 Å². The van der Waals surface area contributed by atoms with Crippen LogP contribution in [0, 0.1) is 6.92 Å². The predicted octanol–water partition coefficient (Wildman–Crippen LogP) is 7.95. The Morgan fingerprint density at radius 2 is 1.25 bits per heavy atom. The first-order valence-electron chi connectivity index (χ1n) is 13.0. The fraction of sp³-hybridized carbons (Fsp3) is 0.433. The van der Waals surface area contributed by atoms with Crippen molar-refractivity contribution in [3.05, 3.63) is 89.5 Å². The topological polar surface area (TPSA) is 103 Å². The van der Waals surface area contributed by atoms with E-state index < -0.39 is 11.9 Å². The zero-order valence-corrected chi connectivity index (χ0v) is 21.8. The lowest BCUT2D eigenvalue weighted by Crippen LogP contribution is -2.06. The number of aromatic nitrogens is 2. The van der Waals surface area contributed by atoms with E-state index in [1.54, 1.807) is 12.4 Å². The van der Waals surface area contributed by atoms with Crippen molar-refractivity contribution >= 4 is 11.9 Å². The van der Waals surface area contributed by atoms with Crippen LogP contribution in [-0.4, -0.2) is 32.1 Å². The van der Waals surface area contributed by atoms with E-state index in [0.717, 1.165) is 0 Å². The molecule has 6 heteroatoms. The van der Waals surface area contributed by atoms with Crippen molar-refractivity contribution in [2.45, 2.75) is 84.5 Å². The third kappa shape index (κ3) is 14.1. The van der Waals surface area contributed by atoms with E-state index in [9.17, 15) is 9.59 Å². The highest BCUT2D eigenvalue weighted by atomic mass is 16.4. The van der Waals surface area contributed by atoms with Gasteiger partial charge in [0.25, 0.3) is 0 Å². The third-order valence-electron chi connectivity index (χ3n) is 5.82. The minimum absolute atomic E-state index is 0.0277. The second-order valence-corrected chi connectivity index (χ2v) is 8.74. The molecule has 196 valence electrons. The van der Waals surface area contributed by atoms with Crippen LogP contribution in [-0.2, 0) is 6.42 Å². The van der Waals surface area contributed by atoms with Crippen LogP contribution in [0.5, 0.6) is 0 Å². The van der Waals surface area contributed by atoms with Gasteiger partial charge in [0, 0.05) is 24.3 Å². The highest BCUT2D eigenvalue weighted by Crippen LogP contribution is 2.14. The summed E-state index contributed by atoms with van der Waals surface area (Å²) < 4.78 is 0. The van der Waals surface area contributed by atoms with E-state index in [1.807, 2.05) is 24.4 Å². The number of carboxylic acid groups (broad SMARTS) is 2. The Bertz CT molecular complexity index is 897. The molecule has 3 rings (SSSR count). The lowest BCUT2D eigenvalue weighted by molar-refractivity contribution is 0.0696. The number of nitrogens with zero attached hydrogens (tertiary/aromatic N) is 1. The molecule has 0 atom stereocenters. The number of hydrogen-bond acceptors (Lipinski definition) is 3. The summed E-state index contributed by atoms with van der Waals surface area (Å²) in [5, 5.41) is 17.4. The summed E-state index contributed by atoms with van der Waals surface area (Å²) in [4.78, 5) is 28.3. The molecule has 0 spiro atoms. The number of H-pyrrole nitrogens is 1. The van der Waals surface area contributed by atoms with E-state index in [-0.39, 0.29) is 16.7 Å². The smallest absolute Gasteiger partial charge is 0.335 e. The fourth-order valence-electron chi connectivity index (χ4n) is 3.74. The van der Waals surface area contributed by atoms with Gasteiger partial charge >= 0.3 is 11.9 Å². The zero-order chi connectivity index (χ0) is 26.4. The average Bonchev–Trinajstić information content (AvgIpc) is 3.40. The number of nitrogens with one attached hydrogen (secondary N) is 1. The Morgan fingerprint density at radius 1 is 0.722 bits per heavy atom. The number of aryl methyl sites for hydroxylation is 1. The van der Waals surface area contributed by atoms with Gasteiger partial charge in [-0.3, -0.25) is 4.98 Å². The molecule has 0 bridgehead atoms. The second-order valence-electron chi connectivity index (χ2n) is 8.74. The second kappa shape index (κ2) is 19.8. The number of pyridine rings is 1. The summed E-state index contributed by atoms with van der Waals surface area (Å²) in [5.41, 5.74) is 1.73. The Morgan fingerprint density at radius 3 is 1.64 bits per heavy atom. The van der Waals surface area contributed by atoms with Crippen LogP contribution in [0.1, 0.15) is 103 Å². The van der Waals surface area contributed by atoms with Gasteiger partial charge < -0.3 is 15.2 Å². The molecular weight excluding hydrogens is 452 g/mol. The number of carboxylic acids is 2. The molecule has 0 amide bonds. The van der Waals surface area contributed by atoms with Crippen LogP contribution in [0.3, 0.4) is 0 Å². The maximum Gasteiger partial charge on any atom is 0.335 e. The van der Waals surface area contributed by atoms with E-state index in [0.29, 0.717) is 0 Å². The van der Waals surface area contributed by atoms with Crippen LogP contribution < -0.4 is 0 Å². The van der Waals surface area contributed by atoms with Crippen molar-refractivity contribution in [3.63, 3.8) is 0 Å². The van der Waals surface area contributed by atoms with Gasteiger partial charge in [0.1, 0.15) is 0 Å². The van der Waals surface area contributed by atoms with Gasteiger partial charge in [-0.25, -0.2) is 9.59 Å². The monoisotopic (exact) mass is 494 g/mol. The van der Waals surface area contributed by atoms with Gasteiger partial charge in [0.05, 0.1) is 11.1 Å². The normalized spacial score (nSPS) is 9.94. The molecule has 0 unspecified atom stereocenters. The molecule has 0 aliphatic heterocycles. The van der Waals surface area contributed by atoms with Crippen LogP contribution in [0.15, 0.2) is 67.1 Å². The van der Waals surface area contributed by atoms with E-state index in [4.69, 9.17) is 10.2 Å². The van der Waals surface area contributed by atoms with Crippen LogP contribution in [0.2, 0.25) is 0 Å². The molecule has 0 saturated heterocycles. The van der Waals surface area contributed by atoms with Crippen molar-refractivity contribution in [1.29, 1.82) is 0 Å². The molecule has 2 aromatic heterocycles. The first kappa shape index (κ1) is 30.6. The van der Waals surface area contributed by atoms with E-state index in [2.05, 4.69) is 29.0 Å². The number of carbonyl (C=O) groups is 2. The molecule has 6 nitrogen and oxygen atoms in total. The SMILES string of the molecule is CCCCCCCCCCCCc1ccc[nH]1.Cc1c(C(=O)O)cccc1C(=O)O.c1ccncc1. The van der Waals surface area contributed by atoms with Crippen molar-refractivity contribution in [2.24, 2.45) is 0 Å².